The van der Waals surface area contributed by atoms with Crippen LogP contribution in [0.25, 0.3) is 10.8 Å². The summed E-state index contributed by atoms with van der Waals surface area (Å²) in [6.07, 6.45) is 0. The molecule has 3 aromatic carbocycles. The van der Waals surface area contributed by atoms with Crippen molar-refractivity contribution in [2.45, 2.75) is 9.79 Å². The molecule has 0 radical (unpaired) electrons. The standard InChI is InChI=1S/C21H22N2O5S2/c1-22(19-7-6-17-4-2-3-5-18(17)16-19)29(24,25)20-8-10-21(11-9-20)30(26,27)23-12-14-28-15-13-23/h2-11,16H,12-15H2,1H3. The lowest BCUT2D eigenvalue weighted by atomic mass is 10.1. The zero-order valence-corrected chi connectivity index (χ0v) is 18.1. The third-order valence-electron chi connectivity index (χ3n) is 5.19. The third-order valence-corrected chi connectivity index (χ3v) is 8.90. The molecule has 0 saturated carbocycles. The Morgan fingerprint density at radius 3 is 2.07 bits per heavy atom. The first-order valence-electron chi connectivity index (χ1n) is 9.46. The molecule has 30 heavy (non-hydrogen) atoms. The summed E-state index contributed by atoms with van der Waals surface area (Å²) in [6.45, 7) is 1.27. The van der Waals surface area contributed by atoms with Crippen LogP contribution in [0.15, 0.2) is 76.5 Å². The van der Waals surface area contributed by atoms with Crippen LogP contribution in [-0.4, -0.2) is 54.5 Å². The fourth-order valence-electron chi connectivity index (χ4n) is 3.39. The van der Waals surface area contributed by atoms with Crippen LogP contribution in [0.5, 0.6) is 0 Å². The van der Waals surface area contributed by atoms with Crippen molar-refractivity contribution in [2.24, 2.45) is 0 Å². The van der Waals surface area contributed by atoms with Gasteiger partial charge in [0.2, 0.25) is 10.0 Å². The van der Waals surface area contributed by atoms with Crippen molar-refractivity contribution in [3.8, 4) is 0 Å². The molecule has 158 valence electrons. The molecule has 4 rings (SSSR count). The Morgan fingerprint density at radius 2 is 1.40 bits per heavy atom. The predicted molar refractivity (Wildman–Crippen MR) is 116 cm³/mol. The highest BCUT2D eigenvalue weighted by Crippen LogP contribution is 2.27. The molecule has 0 spiro atoms. The van der Waals surface area contributed by atoms with Crippen molar-refractivity contribution in [3.05, 3.63) is 66.7 Å². The van der Waals surface area contributed by atoms with E-state index in [1.54, 1.807) is 6.07 Å². The molecule has 0 bridgehead atoms. The maximum Gasteiger partial charge on any atom is 0.264 e. The molecule has 0 aromatic heterocycles. The van der Waals surface area contributed by atoms with Crippen LogP contribution < -0.4 is 4.31 Å². The second-order valence-corrected chi connectivity index (χ2v) is 10.9. The topological polar surface area (TPSA) is 84.0 Å². The van der Waals surface area contributed by atoms with E-state index in [0.29, 0.717) is 18.9 Å². The summed E-state index contributed by atoms with van der Waals surface area (Å²) in [7, 11) is -6.04. The second kappa shape index (κ2) is 7.99. The molecule has 9 heteroatoms. The lowest BCUT2D eigenvalue weighted by molar-refractivity contribution is 0.0730. The van der Waals surface area contributed by atoms with Crippen LogP contribution in [-0.2, 0) is 24.8 Å². The van der Waals surface area contributed by atoms with Crippen LogP contribution in [0.1, 0.15) is 0 Å². The number of hydrogen-bond donors (Lipinski definition) is 0. The van der Waals surface area contributed by atoms with Gasteiger partial charge in [0.05, 0.1) is 28.7 Å². The van der Waals surface area contributed by atoms with E-state index < -0.39 is 20.0 Å². The summed E-state index contributed by atoms with van der Waals surface area (Å²) in [4.78, 5) is 0.0933. The van der Waals surface area contributed by atoms with E-state index in [2.05, 4.69) is 0 Å². The fourth-order valence-corrected chi connectivity index (χ4v) is 5.98. The van der Waals surface area contributed by atoms with Crippen LogP contribution in [0.3, 0.4) is 0 Å². The third kappa shape index (κ3) is 3.81. The number of rotatable bonds is 5. The second-order valence-electron chi connectivity index (χ2n) is 6.99. The summed E-state index contributed by atoms with van der Waals surface area (Å²) in [5.41, 5.74) is 0.527. The van der Waals surface area contributed by atoms with Gasteiger partial charge in [0.1, 0.15) is 0 Å². The van der Waals surface area contributed by atoms with Gasteiger partial charge in [0, 0.05) is 20.1 Å². The van der Waals surface area contributed by atoms with Crippen LogP contribution >= 0.6 is 0 Å². The molecule has 0 aliphatic carbocycles. The van der Waals surface area contributed by atoms with Crippen molar-refractivity contribution >= 4 is 36.5 Å². The smallest absolute Gasteiger partial charge is 0.264 e. The van der Waals surface area contributed by atoms with Gasteiger partial charge in [-0.05, 0) is 47.2 Å². The molecule has 0 N–H and O–H groups in total. The number of morpholine rings is 1. The Hall–Kier alpha value is -2.46. The van der Waals surface area contributed by atoms with E-state index in [9.17, 15) is 16.8 Å². The first-order valence-corrected chi connectivity index (χ1v) is 12.3. The fraction of sp³-hybridized carbons (Fsp3) is 0.238. The van der Waals surface area contributed by atoms with Crippen LogP contribution in [0.4, 0.5) is 5.69 Å². The zero-order valence-electron chi connectivity index (χ0n) is 16.4. The van der Waals surface area contributed by atoms with Crippen LogP contribution in [0.2, 0.25) is 0 Å². The lowest BCUT2D eigenvalue weighted by Crippen LogP contribution is -2.40. The Labute approximate surface area is 176 Å². The van der Waals surface area contributed by atoms with Crippen LogP contribution in [0, 0.1) is 0 Å². The molecule has 0 atom stereocenters. The average molecular weight is 447 g/mol. The van der Waals surface area contributed by atoms with Crippen molar-refractivity contribution in [3.63, 3.8) is 0 Å². The molecule has 0 unspecified atom stereocenters. The number of benzene rings is 3. The maximum atomic E-state index is 13.1. The predicted octanol–water partition coefficient (Wildman–Crippen LogP) is 2.69. The summed E-state index contributed by atoms with van der Waals surface area (Å²) in [6, 6.07) is 18.5. The van der Waals surface area contributed by atoms with Crippen molar-refractivity contribution < 1.29 is 21.6 Å². The minimum absolute atomic E-state index is 0.0269. The summed E-state index contributed by atoms with van der Waals surface area (Å²) in [5.74, 6) is 0. The lowest BCUT2D eigenvalue weighted by Gasteiger charge is -2.26. The highest BCUT2D eigenvalue weighted by molar-refractivity contribution is 7.92. The normalized spacial score (nSPS) is 15.9. The molecule has 1 fully saturated rings. The van der Waals surface area contributed by atoms with Gasteiger partial charge in [0.15, 0.2) is 0 Å². The molecule has 3 aromatic rings. The van der Waals surface area contributed by atoms with Gasteiger partial charge >= 0.3 is 0 Å². The van der Waals surface area contributed by atoms with E-state index in [1.807, 2.05) is 36.4 Å². The minimum atomic E-state index is -3.84. The van der Waals surface area contributed by atoms with Gasteiger partial charge in [-0.2, -0.15) is 4.31 Å². The summed E-state index contributed by atoms with van der Waals surface area (Å²) < 4.78 is 59.4. The van der Waals surface area contributed by atoms with E-state index in [1.165, 1.54) is 39.9 Å². The summed E-state index contributed by atoms with van der Waals surface area (Å²) >= 11 is 0. The average Bonchev–Trinajstić information content (AvgIpc) is 2.79. The Kier molecular flexibility index (Phi) is 5.54. The van der Waals surface area contributed by atoms with Crippen molar-refractivity contribution in [2.75, 3.05) is 37.7 Å². The highest BCUT2D eigenvalue weighted by atomic mass is 32.2. The Bertz CT molecular complexity index is 1270. The first kappa shape index (κ1) is 20.8. The molecule has 1 heterocycles. The van der Waals surface area contributed by atoms with E-state index in [-0.39, 0.29) is 22.9 Å². The van der Waals surface area contributed by atoms with Gasteiger partial charge in [-0.25, -0.2) is 16.8 Å². The number of ether oxygens (including phenoxy) is 1. The van der Waals surface area contributed by atoms with Crippen molar-refractivity contribution in [1.82, 2.24) is 4.31 Å². The number of nitrogens with zero attached hydrogens (tertiary/aromatic N) is 2. The quantitative estimate of drug-likeness (QED) is 0.602. The van der Waals surface area contributed by atoms with E-state index >= 15 is 0 Å². The van der Waals surface area contributed by atoms with Gasteiger partial charge in [-0.15, -0.1) is 0 Å². The molecular formula is C21H22N2O5S2. The minimum Gasteiger partial charge on any atom is -0.379 e. The molecule has 1 aliphatic heterocycles. The number of hydrogen-bond acceptors (Lipinski definition) is 5. The Balaban J connectivity index is 1.62. The molecular weight excluding hydrogens is 424 g/mol. The highest BCUT2D eigenvalue weighted by Gasteiger charge is 2.27. The maximum absolute atomic E-state index is 13.1. The summed E-state index contributed by atoms with van der Waals surface area (Å²) in [5, 5.41) is 1.95. The van der Waals surface area contributed by atoms with Crippen molar-refractivity contribution in [1.29, 1.82) is 0 Å². The number of sulfonamides is 2. The van der Waals surface area contributed by atoms with Gasteiger partial charge in [0.25, 0.3) is 10.0 Å². The SMILES string of the molecule is CN(c1ccc2ccccc2c1)S(=O)(=O)c1ccc(S(=O)(=O)N2CCOCC2)cc1. The zero-order chi connectivity index (χ0) is 21.4. The van der Waals surface area contributed by atoms with E-state index in [0.717, 1.165) is 10.8 Å². The molecule has 1 saturated heterocycles. The van der Waals surface area contributed by atoms with Gasteiger partial charge < -0.3 is 4.74 Å². The first-order chi connectivity index (χ1) is 14.3. The number of fused-ring (bicyclic) bond motifs is 1. The largest absolute Gasteiger partial charge is 0.379 e. The van der Waals surface area contributed by atoms with E-state index in [4.69, 9.17) is 4.74 Å². The van der Waals surface area contributed by atoms with Gasteiger partial charge in [-0.1, -0.05) is 30.3 Å². The molecule has 1 aliphatic rings. The number of anilines is 1. The molecule has 7 nitrogen and oxygen atoms in total. The van der Waals surface area contributed by atoms with Gasteiger partial charge in [-0.3, -0.25) is 4.31 Å². The Morgan fingerprint density at radius 1 is 0.800 bits per heavy atom. The molecule has 0 amide bonds. The monoisotopic (exact) mass is 446 g/mol.